The van der Waals surface area contributed by atoms with Crippen molar-refractivity contribution in [3.05, 3.63) is 0 Å². The van der Waals surface area contributed by atoms with Crippen molar-refractivity contribution in [1.82, 2.24) is 5.43 Å². The van der Waals surface area contributed by atoms with Crippen molar-refractivity contribution < 1.29 is 18.3 Å². The number of methoxy groups -OCH3 is 1. The lowest BCUT2D eigenvalue weighted by atomic mass is 10.3. The summed E-state index contributed by atoms with van der Waals surface area (Å²) in [5.41, 5.74) is 1.84. The van der Waals surface area contributed by atoms with E-state index in [0.717, 1.165) is 7.11 Å². The number of hydrogen-bond acceptors (Lipinski definition) is 3. The van der Waals surface area contributed by atoms with Crippen LogP contribution in [0.5, 0.6) is 0 Å². The van der Waals surface area contributed by atoms with Crippen LogP contribution in [-0.2, 0) is 4.74 Å². The third kappa shape index (κ3) is 7.63. The van der Waals surface area contributed by atoms with Gasteiger partial charge in [0.2, 0.25) is 0 Å². The topological polar surface area (TPSA) is 50.7 Å². The van der Waals surface area contributed by atoms with Gasteiger partial charge in [-0.3, -0.25) is 0 Å². The molecule has 4 nitrogen and oxygen atoms in total. The van der Waals surface area contributed by atoms with Gasteiger partial charge in [0.15, 0.2) is 0 Å². The Bertz CT molecular complexity index is 295. The number of alkyl halides is 3. The second-order valence-corrected chi connectivity index (χ2v) is 12.8. The van der Waals surface area contributed by atoms with Gasteiger partial charge in [0, 0.05) is 9.97 Å². The molecule has 0 aliphatic rings. The Morgan fingerprint density at radius 1 is 1.59 bits per heavy atom. The minimum Gasteiger partial charge on any atom is -0.452 e. The summed E-state index contributed by atoms with van der Waals surface area (Å²) in [5.74, 6) is -3.02. The highest BCUT2D eigenvalue weighted by Crippen LogP contribution is 2.28. The maximum absolute atomic E-state index is 13.4. The molecule has 0 aliphatic carbocycles. The van der Waals surface area contributed by atoms with Gasteiger partial charge in [-0.2, -0.15) is 5.10 Å². The molecular weight excluding hydrogens is 361 g/mol. The summed E-state index contributed by atoms with van der Waals surface area (Å²) in [6.07, 6.45) is -0.681. The molecule has 0 heterocycles. The fourth-order valence-corrected chi connectivity index (χ4v) is 2.29. The van der Waals surface area contributed by atoms with Crippen LogP contribution in [0.25, 0.3) is 0 Å². The van der Waals surface area contributed by atoms with Crippen molar-refractivity contribution in [2.24, 2.45) is 5.10 Å². The van der Waals surface area contributed by atoms with Gasteiger partial charge in [-0.25, -0.2) is 19.0 Å². The average molecular weight is 378 g/mol. The molecular formula is C9H17F2IN2O2Si. The van der Waals surface area contributed by atoms with E-state index in [0.29, 0.717) is 6.21 Å². The maximum Gasteiger partial charge on any atom is 0.427 e. The first-order chi connectivity index (χ1) is 7.58. The van der Waals surface area contributed by atoms with Crippen LogP contribution in [0.3, 0.4) is 0 Å². The van der Waals surface area contributed by atoms with E-state index in [1.807, 2.05) is 25.1 Å². The average Bonchev–Trinajstić information content (AvgIpc) is 2.14. The minimum atomic E-state index is -3.02. The number of ether oxygens (including phenoxy) is 1. The Kier molecular flexibility index (Phi) is 6.52. The lowest BCUT2D eigenvalue weighted by Crippen LogP contribution is -2.38. The van der Waals surface area contributed by atoms with E-state index in [1.54, 1.807) is 0 Å². The molecule has 0 spiro atoms. The van der Waals surface area contributed by atoms with Crippen molar-refractivity contribution >= 4 is 43.0 Å². The number of hydrogen-bond donors (Lipinski definition) is 1. The number of carbonyl (C=O) groups excluding carboxylic acids is 1. The van der Waals surface area contributed by atoms with Crippen molar-refractivity contribution in [2.75, 3.05) is 7.11 Å². The maximum atomic E-state index is 13.4. The lowest BCUT2D eigenvalue weighted by Gasteiger charge is -2.25. The SMILES string of the molecule is COC(=O)N/N=C/C(F)(F)CC(I)[Si](C)(C)C. The van der Waals surface area contributed by atoms with Crippen LogP contribution in [0.1, 0.15) is 6.42 Å². The molecule has 1 N–H and O–H groups in total. The fourth-order valence-electron chi connectivity index (χ4n) is 0.823. The summed E-state index contributed by atoms with van der Waals surface area (Å²) in [4.78, 5) is 10.6. The smallest absolute Gasteiger partial charge is 0.427 e. The Morgan fingerprint density at radius 3 is 2.53 bits per heavy atom. The molecule has 0 aromatic carbocycles. The molecule has 1 unspecified atom stereocenters. The van der Waals surface area contributed by atoms with Gasteiger partial charge in [-0.05, 0) is 0 Å². The summed E-state index contributed by atoms with van der Waals surface area (Å²) >= 11 is 2.05. The Hall–Kier alpha value is -0.253. The molecule has 0 aliphatic heterocycles. The predicted octanol–water partition coefficient (Wildman–Crippen LogP) is 3.03. The Labute approximate surface area is 114 Å². The molecule has 1 atom stereocenters. The zero-order valence-electron chi connectivity index (χ0n) is 10.3. The zero-order chi connectivity index (χ0) is 13.7. The highest BCUT2D eigenvalue weighted by Gasteiger charge is 2.35. The second kappa shape index (κ2) is 6.62. The highest BCUT2D eigenvalue weighted by molar-refractivity contribution is 14.1. The van der Waals surface area contributed by atoms with Gasteiger partial charge in [-0.1, -0.05) is 42.2 Å². The van der Waals surface area contributed by atoms with Crippen LogP contribution in [0.2, 0.25) is 19.6 Å². The van der Waals surface area contributed by atoms with E-state index in [-0.39, 0.29) is 9.97 Å². The molecule has 100 valence electrons. The molecule has 0 aromatic heterocycles. The molecule has 0 bridgehead atoms. The molecule has 1 amide bonds. The van der Waals surface area contributed by atoms with Crippen molar-refractivity contribution in [1.29, 1.82) is 0 Å². The van der Waals surface area contributed by atoms with Gasteiger partial charge < -0.3 is 4.74 Å². The van der Waals surface area contributed by atoms with Crippen LogP contribution in [-0.4, -0.2) is 37.0 Å². The van der Waals surface area contributed by atoms with Gasteiger partial charge in [-0.15, -0.1) is 0 Å². The normalized spacial score (nSPS) is 14.8. The van der Waals surface area contributed by atoms with E-state index >= 15 is 0 Å². The van der Waals surface area contributed by atoms with E-state index in [2.05, 4.69) is 32.4 Å². The highest BCUT2D eigenvalue weighted by atomic mass is 127. The van der Waals surface area contributed by atoms with E-state index in [9.17, 15) is 13.6 Å². The second-order valence-electron chi connectivity index (χ2n) is 4.66. The number of carbonyl (C=O) groups is 1. The van der Waals surface area contributed by atoms with Crippen LogP contribution < -0.4 is 5.43 Å². The molecule has 0 rings (SSSR count). The quantitative estimate of drug-likeness (QED) is 0.263. The number of amides is 1. The number of rotatable bonds is 5. The van der Waals surface area contributed by atoms with Crippen molar-refractivity contribution in [3.63, 3.8) is 0 Å². The zero-order valence-corrected chi connectivity index (χ0v) is 13.4. The first-order valence-corrected chi connectivity index (χ1v) is 9.81. The number of nitrogens with one attached hydrogen (secondary N) is 1. The molecule has 8 heteroatoms. The van der Waals surface area contributed by atoms with E-state index < -0.39 is 20.1 Å². The molecule has 0 aromatic rings. The summed E-state index contributed by atoms with van der Waals surface area (Å²) in [6, 6.07) is 0. The van der Waals surface area contributed by atoms with Crippen LogP contribution in [0, 0.1) is 0 Å². The molecule has 0 saturated heterocycles. The molecule has 0 fully saturated rings. The third-order valence-corrected chi connectivity index (χ3v) is 10.1. The molecule has 0 radical (unpaired) electrons. The molecule has 17 heavy (non-hydrogen) atoms. The van der Waals surface area contributed by atoms with Crippen molar-refractivity contribution in [2.45, 2.75) is 35.5 Å². The minimum absolute atomic E-state index is 0.0697. The first-order valence-electron chi connectivity index (χ1n) is 4.98. The lowest BCUT2D eigenvalue weighted by molar-refractivity contribution is 0.0781. The molecule has 0 saturated carbocycles. The Morgan fingerprint density at radius 2 is 2.12 bits per heavy atom. The van der Waals surface area contributed by atoms with Crippen molar-refractivity contribution in [3.8, 4) is 0 Å². The number of hydrazone groups is 1. The fraction of sp³-hybridized carbons (Fsp3) is 0.778. The number of halogens is 3. The summed E-state index contributed by atoms with van der Waals surface area (Å²) in [5, 5.41) is 3.16. The van der Waals surface area contributed by atoms with Gasteiger partial charge in [0.05, 0.1) is 21.4 Å². The van der Waals surface area contributed by atoms with Crippen LogP contribution >= 0.6 is 22.6 Å². The summed E-state index contributed by atoms with van der Waals surface area (Å²) < 4.78 is 31.0. The van der Waals surface area contributed by atoms with Gasteiger partial charge in [0.1, 0.15) is 0 Å². The summed E-state index contributed by atoms with van der Waals surface area (Å²) in [7, 11) is -0.471. The third-order valence-electron chi connectivity index (χ3n) is 1.99. The monoisotopic (exact) mass is 378 g/mol. The van der Waals surface area contributed by atoms with Crippen LogP contribution in [0.15, 0.2) is 5.10 Å². The van der Waals surface area contributed by atoms with Gasteiger partial charge in [0.25, 0.3) is 5.92 Å². The van der Waals surface area contributed by atoms with Gasteiger partial charge >= 0.3 is 6.09 Å². The first kappa shape index (κ1) is 16.7. The summed E-state index contributed by atoms with van der Waals surface area (Å²) in [6.45, 7) is 6.10. The largest absolute Gasteiger partial charge is 0.452 e. The predicted molar refractivity (Wildman–Crippen MR) is 74.8 cm³/mol. The van der Waals surface area contributed by atoms with E-state index in [1.165, 1.54) is 0 Å². The number of nitrogens with zero attached hydrogens (tertiary/aromatic N) is 1. The van der Waals surface area contributed by atoms with E-state index in [4.69, 9.17) is 0 Å². The standard InChI is InChI=1S/C9H17F2IN2O2Si/c1-16-8(15)14-13-6-9(10,11)5-7(12)17(2,3)4/h6-7H,5H2,1-4H3,(H,14,15)/b13-6+. The Balaban J connectivity index is 4.34. The van der Waals surface area contributed by atoms with Crippen LogP contribution in [0.4, 0.5) is 13.6 Å².